The monoisotopic (exact) mass is 336 g/mol. The lowest BCUT2D eigenvalue weighted by molar-refractivity contribution is 0.362. The molecule has 0 aromatic heterocycles. The minimum absolute atomic E-state index is 0.0636. The molecule has 3 nitrogen and oxygen atoms in total. The molecule has 2 aromatic carbocycles. The predicted octanol–water partition coefficient (Wildman–Crippen LogP) is 4.06. The van der Waals surface area contributed by atoms with Crippen molar-refractivity contribution in [3.63, 3.8) is 0 Å². The fourth-order valence-corrected chi connectivity index (χ4v) is 3.04. The molecular formula is C17H17ClO3S. The van der Waals surface area contributed by atoms with Crippen molar-refractivity contribution in [3.05, 3.63) is 71.3 Å². The van der Waals surface area contributed by atoms with Crippen LogP contribution in [0.25, 0.3) is 0 Å². The van der Waals surface area contributed by atoms with Crippen LogP contribution in [0, 0.1) is 6.92 Å². The summed E-state index contributed by atoms with van der Waals surface area (Å²) in [4.78, 5) is 0.265. The molecule has 0 spiro atoms. The van der Waals surface area contributed by atoms with Gasteiger partial charge in [-0.05, 0) is 43.3 Å². The van der Waals surface area contributed by atoms with Crippen LogP contribution in [0.4, 0.5) is 0 Å². The third kappa shape index (κ3) is 4.90. The minimum Gasteiger partial charge on any atom is -0.490 e. The molecular weight excluding hydrogens is 320 g/mol. The van der Waals surface area contributed by atoms with Gasteiger partial charge in [0.1, 0.15) is 12.4 Å². The van der Waals surface area contributed by atoms with Crippen molar-refractivity contribution < 1.29 is 13.2 Å². The molecule has 0 atom stereocenters. The number of halogens is 1. The quantitative estimate of drug-likeness (QED) is 0.747. The molecule has 0 aliphatic heterocycles. The summed E-state index contributed by atoms with van der Waals surface area (Å²) >= 11 is 5.75. The van der Waals surface area contributed by atoms with E-state index in [-0.39, 0.29) is 10.6 Å². The van der Waals surface area contributed by atoms with E-state index in [4.69, 9.17) is 16.3 Å². The van der Waals surface area contributed by atoms with E-state index in [0.717, 1.165) is 11.3 Å². The molecule has 116 valence electrons. The number of sulfone groups is 1. The Morgan fingerprint density at radius 3 is 2.27 bits per heavy atom. The zero-order valence-corrected chi connectivity index (χ0v) is 13.8. The minimum atomic E-state index is -3.33. The van der Waals surface area contributed by atoms with Crippen LogP contribution in [0.2, 0.25) is 5.02 Å². The van der Waals surface area contributed by atoms with E-state index in [0.29, 0.717) is 11.6 Å². The molecule has 2 aromatic rings. The summed E-state index contributed by atoms with van der Waals surface area (Å²) in [5.41, 5.74) is 1.16. The van der Waals surface area contributed by atoms with Crippen LogP contribution >= 0.6 is 11.6 Å². The van der Waals surface area contributed by atoms with E-state index in [1.54, 1.807) is 24.3 Å². The fourth-order valence-electron chi connectivity index (χ4n) is 1.78. The van der Waals surface area contributed by atoms with Gasteiger partial charge in [-0.1, -0.05) is 41.4 Å². The Morgan fingerprint density at radius 2 is 1.64 bits per heavy atom. The maximum atomic E-state index is 12.1. The third-order valence-electron chi connectivity index (χ3n) is 3.02. The Bertz CT molecular complexity index is 732. The maximum absolute atomic E-state index is 12.1. The summed E-state index contributed by atoms with van der Waals surface area (Å²) in [6.45, 7) is 2.34. The van der Waals surface area contributed by atoms with Crippen LogP contribution in [-0.2, 0) is 9.84 Å². The number of hydrogen-bond acceptors (Lipinski definition) is 3. The standard InChI is InChI=1S/C17H17ClO3S/c1-14-4-8-16(9-5-14)21-12-2-3-13-22(19,20)17-10-6-15(18)7-11-17/h2-11H,12-13H2,1H3. The first-order valence-electron chi connectivity index (χ1n) is 6.80. The van der Waals surface area contributed by atoms with Crippen molar-refractivity contribution >= 4 is 21.4 Å². The summed E-state index contributed by atoms with van der Waals surface area (Å²) in [5, 5.41) is 0.515. The number of aryl methyl sites for hydroxylation is 1. The molecule has 0 aliphatic rings. The van der Waals surface area contributed by atoms with Crippen LogP contribution in [0.1, 0.15) is 5.56 Å². The number of hydrogen-bond donors (Lipinski definition) is 0. The van der Waals surface area contributed by atoms with Gasteiger partial charge in [0.15, 0.2) is 9.84 Å². The van der Waals surface area contributed by atoms with E-state index in [1.807, 2.05) is 31.2 Å². The van der Waals surface area contributed by atoms with Crippen LogP contribution < -0.4 is 4.74 Å². The van der Waals surface area contributed by atoms with E-state index in [2.05, 4.69) is 0 Å². The Hall–Kier alpha value is -1.78. The van der Waals surface area contributed by atoms with Gasteiger partial charge >= 0.3 is 0 Å². The molecule has 2 rings (SSSR count). The second kappa shape index (κ2) is 7.47. The zero-order chi connectivity index (χ0) is 16.0. The van der Waals surface area contributed by atoms with Crippen molar-refractivity contribution in [3.8, 4) is 5.75 Å². The number of benzene rings is 2. The third-order valence-corrected chi connectivity index (χ3v) is 4.90. The van der Waals surface area contributed by atoms with Crippen LogP contribution in [0.3, 0.4) is 0 Å². The molecule has 0 saturated heterocycles. The molecule has 0 fully saturated rings. The van der Waals surface area contributed by atoms with Gasteiger partial charge in [0.05, 0.1) is 10.6 Å². The number of rotatable bonds is 6. The second-order valence-corrected chi connectivity index (χ2v) is 7.30. The highest BCUT2D eigenvalue weighted by Gasteiger charge is 2.11. The molecule has 0 radical (unpaired) electrons. The smallest absolute Gasteiger partial charge is 0.181 e. The first-order valence-corrected chi connectivity index (χ1v) is 8.83. The van der Waals surface area contributed by atoms with E-state index in [1.165, 1.54) is 12.1 Å². The van der Waals surface area contributed by atoms with Crippen LogP contribution in [-0.4, -0.2) is 20.8 Å². The molecule has 0 heterocycles. The Labute approximate surface area is 136 Å². The van der Waals surface area contributed by atoms with Crippen LogP contribution in [0.15, 0.2) is 65.6 Å². The first-order chi connectivity index (χ1) is 10.5. The first kappa shape index (κ1) is 16.6. The Morgan fingerprint density at radius 1 is 1.00 bits per heavy atom. The molecule has 22 heavy (non-hydrogen) atoms. The second-order valence-electron chi connectivity index (χ2n) is 4.83. The van der Waals surface area contributed by atoms with Gasteiger partial charge in [-0.3, -0.25) is 0 Å². The highest BCUT2D eigenvalue weighted by molar-refractivity contribution is 7.91. The summed E-state index contributed by atoms with van der Waals surface area (Å²) < 4.78 is 29.7. The van der Waals surface area contributed by atoms with Crippen molar-refractivity contribution in [2.75, 3.05) is 12.4 Å². The fraction of sp³-hybridized carbons (Fsp3) is 0.176. The van der Waals surface area contributed by atoms with Gasteiger partial charge in [0, 0.05) is 5.02 Å². The molecule has 5 heteroatoms. The van der Waals surface area contributed by atoms with Crippen molar-refractivity contribution in [1.29, 1.82) is 0 Å². The highest BCUT2D eigenvalue weighted by atomic mass is 35.5. The SMILES string of the molecule is Cc1ccc(OCC=CCS(=O)(=O)c2ccc(Cl)cc2)cc1. The van der Waals surface area contributed by atoms with Gasteiger partial charge in [0.2, 0.25) is 0 Å². The summed E-state index contributed by atoms with van der Waals surface area (Å²) in [5.74, 6) is 0.696. The van der Waals surface area contributed by atoms with Crippen molar-refractivity contribution in [2.24, 2.45) is 0 Å². The highest BCUT2D eigenvalue weighted by Crippen LogP contribution is 2.15. The Kier molecular flexibility index (Phi) is 5.63. The Balaban J connectivity index is 1.86. The van der Waals surface area contributed by atoms with Crippen molar-refractivity contribution in [1.82, 2.24) is 0 Å². The average molecular weight is 337 g/mol. The van der Waals surface area contributed by atoms with Gasteiger partial charge in [-0.25, -0.2) is 8.42 Å². The molecule has 0 saturated carbocycles. The number of ether oxygens (including phenoxy) is 1. The molecule has 0 unspecified atom stereocenters. The topological polar surface area (TPSA) is 43.4 Å². The normalized spacial score (nSPS) is 11.7. The van der Waals surface area contributed by atoms with Gasteiger partial charge < -0.3 is 4.74 Å². The van der Waals surface area contributed by atoms with E-state index in [9.17, 15) is 8.42 Å². The molecule has 0 aliphatic carbocycles. The largest absolute Gasteiger partial charge is 0.490 e. The molecule has 0 bridgehead atoms. The van der Waals surface area contributed by atoms with Crippen LogP contribution in [0.5, 0.6) is 5.75 Å². The zero-order valence-electron chi connectivity index (χ0n) is 12.2. The average Bonchev–Trinajstić information content (AvgIpc) is 2.49. The molecule has 0 amide bonds. The molecule has 0 N–H and O–H groups in total. The van der Waals surface area contributed by atoms with Gasteiger partial charge in [-0.2, -0.15) is 0 Å². The van der Waals surface area contributed by atoms with E-state index >= 15 is 0 Å². The lowest BCUT2D eigenvalue weighted by atomic mass is 10.2. The lowest BCUT2D eigenvalue weighted by Crippen LogP contribution is -2.05. The summed E-state index contributed by atoms with van der Waals surface area (Å²) in [6, 6.07) is 13.8. The summed E-state index contributed by atoms with van der Waals surface area (Å²) in [6.07, 6.45) is 3.30. The van der Waals surface area contributed by atoms with Crippen molar-refractivity contribution in [2.45, 2.75) is 11.8 Å². The predicted molar refractivity (Wildman–Crippen MR) is 89.3 cm³/mol. The maximum Gasteiger partial charge on any atom is 0.181 e. The lowest BCUT2D eigenvalue weighted by Gasteiger charge is -2.03. The van der Waals surface area contributed by atoms with Gasteiger partial charge in [0.25, 0.3) is 0 Å². The van der Waals surface area contributed by atoms with Gasteiger partial charge in [-0.15, -0.1) is 0 Å². The van der Waals surface area contributed by atoms with E-state index < -0.39 is 9.84 Å². The summed E-state index contributed by atoms with van der Waals surface area (Å²) in [7, 11) is -3.33.